The molecule has 5 heteroatoms. The number of rotatable bonds is 7. The van der Waals surface area contributed by atoms with Crippen LogP contribution in [0.2, 0.25) is 0 Å². The highest BCUT2D eigenvalue weighted by Crippen LogP contribution is 2.22. The first-order chi connectivity index (χ1) is 12.5. The monoisotopic (exact) mass is 352 g/mol. The van der Waals surface area contributed by atoms with E-state index in [1.165, 1.54) is 18.2 Å². The molecule has 4 nitrogen and oxygen atoms in total. The van der Waals surface area contributed by atoms with Crippen LogP contribution in [0.15, 0.2) is 54.6 Å². The van der Waals surface area contributed by atoms with Crippen LogP contribution in [-0.2, 0) is 4.79 Å². The third-order valence-electron chi connectivity index (χ3n) is 3.80. The minimum Gasteiger partial charge on any atom is -0.479 e. The van der Waals surface area contributed by atoms with Gasteiger partial charge in [0.15, 0.2) is 6.61 Å². The molecular weight excluding hydrogens is 331 g/mol. The normalized spacial score (nSPS) is 12.0. The van der Waals surface area contributed by atoms with Gasteiger partial charge in [-0.2, -0.15) is 5.26 Å². The summed E-state index contributed by atoms with van der Waals surface area (Å²) in [6, 6.07) is 14.9. The van der Waals surface area contributed by atoms with E-state index in [0.717, 1.165) is 11.1 Å². The molecule has 26 heavy (non-hydrogen) atoms. The van der Waals surface area contributed by atoms with Gasteiger partial charge < -0.3 is 10.1 Å². The fourth-order valence-electron chi connectivity index (χ4n) is 2.47. The van der Waals surface area contributed by atoms with Gasteiger partial charge in [0.2, 0.25) is 5.91 Å². The van der Waals surface area contributed by atoms with Crippen molar-refractivity contribution in [3.8, 4) is 11.8 Å². The molecule has 0 heterocycles. The molecule has 1 atom stereocenters. The molecule has 0 fully saturated rings. The number of nitrogens with one attached hydrogen (secondary N) is 1. The Morgan fingerprint density at radius 3 is 2.42 bits per heavy atom. The molecule has 0 aliphatic heterocycles. The van der Waals surface area contributed by atoms with Gasteiger partial charge in [-0.15, -0.1) is 0 Å². The standard InChI is InChI=1S/C21H21FN2O2/c1-15(2)21(17-6-8-18(22)9-7-17)24-20(25)12-5-16-3-10-19(11-4-16)26-14-13-23/h3-12,15,21H,14H2,1-2H3,(H,24,25)/b12-5+. The second kappa shape index (κ2) is 9.38. The number of nitrogens with zero attached hydrogens (tertiary/aromatic N) is 1. The van der Waals surface area contributed by atoms with Crippen molar-refractivity contribution in [2.75, 3.05) is 6.61 Å². The average Bonchev–Trinajstić information content (AvgIpc) is 2.64. The zero-order valence-corrected chi connectivity index (χ0v) is 14.8. The van der Waals surface area contributed by atoms with Gasteiger partial charge in [-0.25, -0.2) is 4.39 Å². The van der Waals surface area contributed by atoms with Crippen molar-refractivity contribution in [2.24, 2.45) is 5.92 Å². The molecule has 2 rings (SSSR count). The zero-order valence-electron chi connectivity index (χ0n) is 14.8. The highest BCUT2D eigenvalue weighted by atomic mass is 19.1. The molecule has 0 spiro atoms. The summed E-state index contributed by atoms with van der Waals surface area (Å²) in [6.45, 7) is 3.99. The second-order valence-electron chi connectivity index (χ2n) is 6.13. The summed E-state index contributed by atoms with van der Waals surface area (Å²) in [7, 11) is 0. The summed E-state index contributed by atoms with van der Waals surface area (Å²) >= 11 is 0. The van der Waals surface area contributed by atoms with Crippen LogP contribution in [0.25, 0.3) is 6.08 Å². The first kappa shape index (κ1) is 19.2. The molecule has 2 aromatic carbocycles. The number of amides is 1. The first-order valence-corrected chi connectivity index (χ1v) is 8.33. The lowest BCUT2D eigenvalue weighted by molar-refractivity contribution is -0.117. The minimum atomic E-state index is -0.301. The average molecular weight is 352 g/mol. The highest BCUT2D eigenvalue weighted by molar-refractivity contribution is 5.92. The number of hydrogen-bond donors (Lipinski definition) is 1. The molecule has 0 aliphatic rings. The lowest BCUT2D eigenvalue weighted by atomic mass is 9.96. The summed E-state index contributed by atoms with van der Waals surface area (Å²) in [5.74, 6) is 0.237. The topological polar surface area (TPSA) is 62.1 Å². The van der Waals surface area contributed by atoms with Crippen molar-refractivity contribution in [3.05, 3.63) is 71.6 Å². The predicted octanol–water partition coefficient (Wildman–Crippen LogP) is 4.25. The Morgan fingerprint density at radius 2 is 1.85 bits per heavy atom. The van der Waals surface area contributed by atoms with Gasteiger partial charge in [-0.1, -0.05) is 38.1 Å². The van der Waals surface area contributed by atoms with E-state index < -0.39 is 0 Å². The molecule has 1 unspecified atom stereocenters. The van der Waals surface area contributed by atoms with Crippen LogP contribution in [0, 0.1) is 23.1 Å². The van der Waals surface area contributed by atoms with Crippen LogP contribution in [0.3, 0.4) is 0 Å². The number of ether oxygens (including phenoxy) is 1. The lowest BCUT2D eigenvalue weighted by Gasteiger charge is -2.22. The Kier molecular flexibility index (Phi) is 6.92. The Balaban J connectivity index is 2.00. The van der Waals surface area contributed by atoms with Crippen LogP contribution in [0.5, 0.6) is 5.75 Å². The Labute approximate surface area is 152 Å². The summed E-state index contributed by atoms with van der Waals surface area (Å²) < 4.78 is 18.3. The smallest absolute Gasteiger partial charge is 0.244 e. The van der Waals surface area contributed by atoms with E-state index in [9.17, 15) is 9.18 Å². The van der Waals surface area contributed by atoms with Crippen LogP contribution >= 0.6 is 0 Å². The van der Waals surface area contributed by atoms with E-state index >= 15 is 0 Å². The van der Waals surface area contributed by atoms with Gasteiger partial charge in [0.25, 0.3) is 0 Å². The minimum absolute atomic E-state index is 0.00241. The van der Waals surface area contributed by atoms with E-state index in [4.69, 9.17) is 10.00 Å². The van der Waals surface area contributed by atoms with Gasteiger partial charge in [0.1, 0.15) is 17.6 Å². The van der Waals surface area contributed by atoms with Gasteiger partial charge in [-0.05, 0) is 47.4 Å². The van der Waals surface area contributed by atoms with Crippen molar-refractivity contribution in [2.45, 2.75) is 19.9 Å². The molecule has 0 saturated carbocycles. The third-order valence-corrected chi connectivity index (χ3v) is 3.80. The number of nitriles is 1. The number of carbonyl (C=O) groups is 1. The predicted molar refractivity (Wildman–Crippen MR) is 98.7 cm³/mol. The number of carbonyl (C=O) groups excluding carboxylic acids is 1. The summed E-state index contributed by atoms with van der Waals surface area (Å²) in [5, 5.41) is 11.4. The van der Waals surface area contributed by atoms with Crippen molar-refractivity contribution in [3.63, 3.8) is 0 Å². The SMILES string of the molecule is CC(C)C(NC(=O)/C=C/c1ccc(OCC#N)cc1)c1ccc(F)cc1. The van der Waals surface area contributed by atoms with Crippen LogP contribution in [-0.4, -0.2) is 12.5 Å². The van der Waals surface area contributed by atoms with Crippen molar-refractivity contribution < 1.29 is 13.9 Å². The van der Waals surface area contributed by atoms with E-state index in [0.29, 0.717) is 5.75 Å². The summed E-state index contributed by atoms with van der Waals surface area (Å²) in [6.07, 6.45) is 3.16. The molecule has 1 N–H and O–H groups in total. The fourth-order valence-corrected chi connectivity index (χ4v) is 2.47. The Bertz CT molecular complexity index is 790. The van der Waals surface area contributed by atoms with E-state index in [1.807, 2.05) is 19.9 Å². The quantitative estimate of drug-likeness (QED) is 0.758. The second-order valence-corrected chi connectivity index (χ2v) is 6.13. The molecule has 0 radical (unpaired) electrons. The van der Waals surface area contributed by atoms with Crippen LogP contribution < -0.4 is 10.1 Å². The fraction of sp³-hybridized carbons (Fsp3) is 0.238. The summed E-state index contributed by atoms with van der Waals surface area (Å²) in [5.41, 5.74) is 1.70. The maximum Gasteiger partial charge on any atom is 0.244 e. The van der Waals surface area contributed by atoms with E-state index in [-0.39, 0.29) is 30.3 Å². The van der Waals surface area contributed by atoms with Gasteiger partial charge in [0, 0.05) is 6.08 Å². The molecule has 0 bridgehead atoms. The van der Waals surface area contributed by atoms with Gasteiger partial charge >= 0.3 is 0 Å². The van der Waals surface area contributed by atoms with Crippen molar-refractivity contribution in [1.29, 1.82) is 5.26 Å². The number of benzene rings is 2. The molecule has 0 saturated heterocycles. The van der Waals surface area contributed by atoms with Crippen LogP contribution in [0.4, 0.5) is 4.39 Å². The van der Waals surface area contributed by atoms with Crippen molar-refractivity contribution >= 4 is 12.0 Å². The van der Waals surface area contributed by atoms with E-state index in [1.54, 1.807) is 42.5 Å². The number of hydrogen-bond acceptors (Lipinski definition) is 3. The third kappa shape index (κ3) is 5.75. The van der Waals surface area contributed by atoms with E-state index in [2.05, 4.69) is 5.32 Å². The summed E-state index contributed by atoms with van der Waals surface area (Å²) in [4.78, 5) is 12.2. The lowest BCUT2D eigenvalue weighted by Crippen LogP contribution is -2.30. The van der Waals surface area contributed by atoms with Crippen molar-refractivity contribution in [1.82, 2.24) is 5.32 Å². The molecule has 2 aromatic rings. The molecule has 0 aromatic heterocycles. The Morgan fingerprint density at radius 1 is 1.19 bits per heavy atom. The first-order valence-electron chi connectivity index (χ1n) is 8.33. The largest absolute Gasteiger partial charge is 0.479 e. The van der Waals surface area contributed by atoms with Gasteiger partial charge in [-0.3, -0.25) is 4.79 Å². The maximum absolute atomic E-state index is 13.1. The molecular formula is C21H21FN2O2. The molecule has 1 amide bonds. The highest BCUT2D eigenvalue weighted by Gasteiger charge is 2.17. The Hall–Kier alpha value is -3.13. The molecule has 0 aliphatic carbocycles. The van der Waals surface area contributed by atoms with Crippen LogP contribution in [0.1, 0.15) is 31.0 Å². The number of halogens is 1. The van der Waals surface area contributed by atoms with Gasteiger partial charge in [0.05, 0.1) is 6.04 Å². The maximum atomic E-state index is 13.1. The molecule has 134 valence electrons. The zero-order chi connectivity index (χ0) is 18.9.